The van der Waals surface area contributed by atoms with Crippen LogP contribution in [0.25, 0.3) is 0 Å². The number of rotatable bonds is 9. The van der Waals surface area contributed by atoms with Gasteiger partial charge >= 0.3 is 0 Å². The van der Waals surface area contributed by atoms with Crippen molar-refractivity contribution in [2.45, 2.75) is 32.4 Å². The number of methoxy groups -OCH3 is 1. The fraction of sp³-hybridized carbons (Fsp3) is 0.364. The average Bonchev–Trinajstić information content (AvgIpc) is 3.04. The van der Waals surface area contributed by atoms with Crippen LogP contribution in [-0.4, -0.2) is 25.5 Å². The Hall–Kier alpha value is -2.57. The number of carbonyl (C=O) groups excluding carboxylic acids is 2. The van der Waals surface area contributed by atoms with Crippen molar-refractivity contribution in [2.75, 3.05) is 13.7 Å². The largest absolute Gasteiger partial charge is 0.493 e. The zero-order valence-corrected chi connectivity index (χ0v) is 17.3. The maximum Gasteiger partial charge on any atom is 0.230 e. The van der Waals surface area contributed by atoms with Crippen molar-refractivity contribution < 1.29 is 19.1 Å². The molecule has 1 heterocycles. The van der Waals surface area contributed by atoms with Gasteiger partial charge in [-0.25, -0.2) is 0 Å². The van der Waals surface area contributed by atoms with Gasteiger partial charge in [0.05, 0.1) is 19.6 Å². The molecule has 0 bridgehead atoms. The van der Waals surface area contributed by atoms with Crippen LogP contribution in [0.5, 0.6) is 11.5 Å². The van der Waals surface area contributed by atoms with Crippen molar-refractivity contribution in [1.82, 2.24) is 10.6 Å². The molecule has 29 heavy (non-hydrogen) atoms. The molecule has 1 fully saturated rings. The molecule has 2 amide bonds. The van der Waals surface area contributed by atoms with Crippen LogP contribution in [0.2, 0.25) is 5.02 Å². The molecule has 0 aliphatic carbocycles. The number of benzene rings is 2. The fourth-order valence-corrected chi connectivity index (χ4v) is 3.36. The lowest BCUT2D eigenvalue weighted by molar-refractivity contribution is -0.125. The Kier molecular flexibility index (Phi) is 7.12. The van der Waals surface area contributed by atoms with Gasteiger partial charge in [0.15, 0.2) is 11.5 Å². The Morgan fingerprint density at radius 2 is 1.93 bits per heavy atom. The molecule has 6 nitrogen and oxygen atoms in total. The first kappa shape index (κ1) is 21.1. The molecular weight excluding hydrogens is 392 g/mol. The molecule has 0 radical (unpaired) electrons. The first-order valence-corrected chi connectivity index (χ1v) is 9.96. The van der Waals surface area contributed by atoms with E-state index in [2.05, 4.69) is 17.6 Å². The van der Waals surface area contributed by atoms with Crippen molar-refractivity contribution in [3.8, 4) is 11.5 Å². The summed E-state index contributed by atoms with van der Waals surface area (Å²) in [7, 11) is 1.60. The van der Waals surface area contributed by atoms with E-state index in [0.717, 1.165) is 16.1 Å². The highest BCUT2D eigenvalue weighted by Crippen LogP contribution is 2.29. The first-order valence-electron chi connectivity index (χ1n) is 9.58. The van der Waals surface area contributed by atoms with Crippen LogP contribution in [0.4, 0.5) is 0 Å². The van der Waals surface area contributed by atoms with Crippen LogP contribution in [0, 0.1) is 5.92 Å². The third-order valence-electron chi connectivity index (χ3n) is 5.00. The van der Waals surface area contributed by atoms with Crippen molar-refractivity contribution in [2.24, 2.45) is 5.92 Å². The van der Waals surface area contributed by atoms with Gasteiger partial charge in [-0.15, -0.1) is 0 Å². The summed E-state index contributed by atoms with van der Waals surface area (Å²) >= 11 is 5.94. The van der Waals surface area contributed by atoms with E-state index in [1.54, 1.807) is 7.11 Å². The van der Waals surface area contributed by atoms with Gasteiger partial charge in [0, 0.05) is 24.0 Å². The summed E-state index contributed by atoms with van der Waals surface area (Å²) in [5, 5.41) is 6.51. The van der Waals surface area contributed by atoms with Gasteiger partial charge in [0.2, 0.25) is 11.8 Å². The normalized spacial score (nSPS) is 17.1. The average molecular weight is 417 g/mol. The number of nitrogens with one attached hydrogen (secondary N) is 2. The minimum Gasteiger partial charge on any atom is -0.493 e. The zero-order chi connectivity index (χ0) is 20.8. The van der Waals surface area contributed by atoms with Gasteiger partial charge in [0.25, 0.3) is 0 Å². The predicted molar refractivity (Wildman–Crippen MR) is 111 cm³/mol. The van der Waals surface area contributed by atoms with Crippen LogP contribution in [0.1, 0.15) is 36.9 Å². The lowest BCUT2D eigenvalue weighted by Crippen LogP contribution is -2.22. The Bertz CT molecular complexity index is 870. The molecular formula is C22H25ClN2O4. The van der Waals surface area contributed by atoms with Gasteiger partial charge in [-0.3, -0.25) is 14.9 Å². The molecule has 0 aromatic heterocycles. The van der Waals surface area contributed by atoms with E-state index >= 15 is 0 Å². The first-order chi connectivity index (χ1) is 14.0. The minimum absolute atomic E-state index is 0.175. The van der Waals surface area contributed by atoms with E-state index in [-0.39, 0.29) is 30.2 Å². The molecule has 2 atom stereocenters. The number of carbonyl (C=O) groups is 2. The summed E-state index contributed by atoms with van der Waals surface area (Å²) in [6, 6.07) is 13.7. The highest BCUT2D eigenvalue weighted by Gasteiger charge is 2.30. The molecule has 1 saturated heterocycles. The SMILES string of the molecule is COc1cc(CN[C@H](C)c2ccc(Cl)cc2)ccc1OCCC1CC(=O)NC1=O. The van der Waals surface area contributed by atoms with Crippen molar-refractivity contribution in [3.05, 3.63) is 58.6 Å². The summed E-state index contributed by atoms with van der Waals surface area (Å²) in [6.07, 6.45) is 0.721. The molecule has 2 N–H and O–H groups in total. The number of imide groups is 1. The summed E-state index contributed by atoms with van der Waals surface area (Å²) in [6.45, 7) is 3.11. The smallest absolute Gasteiger partial charge is 0.230 e. The van der Waals surface area contributed by atoms with E-state index in [4.69, 9.17) is 21.1 Å². The fourth-order valence-electron chi connectivity index (χ4n) is 3.23. The Balaban J connectivity index is 1.53. The standard InChI is InChI=1S/C22H25ClN2O4/c1-14(16-4-6-18(23)7-5-16)24-13-15-3-8-19(20(11-15)28-2)29-10-9-17-12-21(26)25-22(17)27/h3-8,11,14,17,24H,9-10,12-13H2,1-2H3,(H,25,26,27)/t14-,17?/m1/s1. The lowest BCUT2D eigenvalue weighted by atomic mass is 10.1. The third-order valence-corrected chi connectivity index (χ3v) is 5.25. The van der Waals surface area contributed by atoms with Gasteiger partial charge in [-0.2, -0.15) is 0 Å². The third kappa shape index (κ3) is 5.71. The van der Waals surface area contributed by atoms with Gasteiger partial charge in [-0.05, 0) is 48.7 Å². The number of halogens is 1. The summed E-state index contributed by atoms with van der Waals surface area (Å²) in [5.41, 5.74) is 2.23. The van der Waals surface area contributed by atoms with Crippen LogP contribution in [0.3, 0.4) is 0 Å². The maximum atomic E-state index is 11.6. The molecule has 1 aliphatic rings. The summed E-state index contributed by atoms with van der Waals surface area (Å²) in [4.78, 5) is 22.9. The van der Waals surface area contributed by atoms with Crippen LogP contribution in [0.15, 0.2) is 42.5 Å². The lowest BCUT2D eigenvalue weighted by Gasteiger charge is -2.16. The van der Waals surface area contributed by atoms with E-state index < -0.39 is 0 Å². The molecule has 2 aromatic carbocycles. The van der Waals surface area contributed by atoms with Crippen molar-refractivity contribution >= 4 is 23.4 Å². The topological polar surface area (TPSA) is 76.7 Å². The quantitative estimate of drug-likeness (QED) is 0.610. The van der Waals surface area contributed by atoms with Crippen molar-refractivity contribution in [1.29, 1.82) is 0 Å². The Labute approximate surface area is 175 Å². The maximum absolute atomic E-state index is 11.6. The number of amides is 2. The molecule has 7 heteroatoms. The highest BCUT2D eigenvalue weighted by atomic mass is 35.5. The molecule has 154 valence electrons. The van der Waals surface area contributed by atoms with E-state index in [1.165, 1.54) is 0 Å². The van der Waals surface area contributed by atoms with E-state index in [9.17, 15) is 9.59 Å². The van der Waals surface area contributed by atoms with Crippen molar-refractivity contribution in [3.63, 3.8) is 0 Å². The monoisotopic (exact) mass is 416 g/mol. The van der Waals surface area contributed by atoms with Crippen LogP contribution >= 0.6 is 11.6 Å². The van der Waals surface area contributed by atoms with E-state index in [1.807, 2.05) is 42.5 Å². The van der Waals surface area contributed by atoms with Gasteiger partial charge < -0.3 is 14.8 Å². The van der Waals surface area contributed by atoms with E-state index in [0.29, 0.717) is 31.1 Å². The molecule has 0 spiro atoms. The van der Waals surface area contributed by atoms with Gasteiger partial charge in [-0.1, -0.05) is 29.8 Å². The second kappa shape index (κ2) is 9.76. The van der Waals surface area contributed by atoms with Crippen LogP contribution in [-0.2, 0) is 16.1 Å². The predicted octanol–water partition coefficient (Wildman–Crippen LogP) is 3.63. The second-order valence-corrected chi connectivity index (χ2v) is 7.53. The molecule has 1 unspecified atom stereocenters. The second-order valence-electron chi connectivity index (χ2n) is 7.09. The zero-order valence-electron chi connectivity index (χ0n) is 16.5. The molecule has 2 aromatic rings. The highest BCUT2D eigenvalue weighted by molar-refractivity contribution is 6.30. The Morgan fingerprint density at radius 1 is 1.17 bits per heavy atom. The number of ether oxygens (including phenoxy) is 2. The summed E-state index contributed by atoms with van der Waals surface area (Å²) < 4.78 is 11.2. The Morgan fingerprint density at radius 3 is 2.59 bits per heavy atom. The molecule has 3 rings (SSSR count). The summed E-state index contributed by atoms with van der Waals surface area (Å²) in [5.74, 6) is 0.498. The number of hydrogen-bond donors (Lipinski definition) is 2. The molecule has 1 aliphatic heterocycles. The number of hydrogen-bond acceptors (Lipinski definition) is 5. The van der Waals surface area contributed by atoms with Gasteiger partial charge in [0.1, 0.15) is 0 Å². The van der Waals surface area contributed by atoms with Crippen LogP contribution < -0.4 is 20.1 Å². The minimum atomic E-state index is -0.314. The molecule has 0 saturated carbocycles.